The van der Waals surface area contributed by atoms with Crippen LogP contribution in [0.15, 0.2) is 48.5 Å². The molecule has 1 N–H and O–H groups in total. The molecule has 6 heteroatoms. The maximum absolute atomic E-state index is 12.4. The van der Waals surface area contributed by atoms with Gasteiger partial charge in [-0.1, -0.05) is 43.6 Å². The highest BCUT2D eigenvalue weighted by Crippen LogP contribution is 2.21. The fraction of sp³-hybridized carbons (Fsp3) is 0.333. The fourth-order valence-electron chi connectivity index (χ4n) is 3.12. The van der Waals surface area contributed by atoms with Crippen LogP contribution < -0.4 is 10.2 Å². The van der Waals surface area contributed by atoms with Crippen LogP contribution >= 0.6 is 11.6 Å². The van der Waals surface area contributed by atoms with Crippen molar-refractivity contribution in [3.8, 4) is 0 Å². The Morgan fingerprint density at radius 3 is 2.26 bits per heavy atom. The number of anilines is 2. The molecule has 1 aliphatic heterocycles. The van der Waals surface area contributed by atoms with Gasteiger partial charge in [0.05, 0.1) is 0 Å². The van der Waals surface area contributed by atoms with E-state index in [-0.39, 0.29) is 0 Å². The third-order valence-corrected chi connectivity index (χ3v) is 5.00. The van der Waals surface area contributed by atoms with Crippen molar-refractivity contribution < 1.29 is 9.59 Å². The van der Waals surface area contributed by atoms with E-state index >= 15 is 0 Å². The molecule has 1 fully saturated rings. The average molecular weight is 386 g/mol. The molecular formula is C21H24ClN3O2. The predicted molar refractivity (Wildman–Crippen MR) is 109 cm³/mol. The minimum absolute atomic E-state index is 0.423. The molecule has 27 heavy (non-hydrogen) atoms. The lowest BCUT2D eigenvalue weighted by Crippen LogP contribution is -2.51. The molecule has 2 aromatic rings. The smallest absolute Gasteiger partial charge is 0.313 e. The van der Waals surface area contributed by atoms with Crippen molar-refractivity contribution in [2.45, 2.75) is 19.8 Å². The Balaban J connectivity index is 1.54. The molecule has 142 valence electrons. The molecule has 1 aliphatic rings. The van der Waals surface area contributed by atoms with Gasteiger partial charge < -0.3 is 15.1 Å². The standard InChI is InChI=1S/C21H24ClN3O2/c1-15(2)16-6-8-18(9-7-16)23-20(26)21(27)25-12-10-24(11-13-25)19-5-3-4-17(22)14-19/h3-9,14-15H,10-13H2,1-2H3,(H,23,26). The van der Waals surface area contributed by atoms with E-state index in [4.69, 9.17) is 11.6 Å². The van der Waals surface area contributed by atoms with Gasteiger partial charge in [-0.15, -0.1) is 0 Å². The number of piperazine rings is 1. The first-order valence-corrected chi connectivity index (χ1v) is 9.52. The summed E-state index contributed by atoms with van der Waals surface area (Å²) in [6.07, 6.45) is 0. The molecule has 0 radical (unpaired) electrons. The molecule has 0 bridgehead atoms. The molecule has 1 heterocycles. The number of amides is 2. The molecular weight excluding hydrogens is 362 g/mol. The number of nitrogens with zero attached hydrogens (tertiary/aromatic N) is 2. The minimum Gasteiger partial charge on any atom is -0.368 e. The summed E-state index contributed by atoms with van der Waals surface area (Å²) in [6.45, 7) is 6.57. The number of nitrogens with one attached hydrogen (secondary N) is 1. The van der Waals surface area contributed by atoms with E-state index in [0.717, 1.165) is 5.69 Å². The summed E-state index contributed by atoms with van der Waals surface area (Å²) in [4.78, 5) is 28.5. The van der Waals surface area contributed by atoms with Crippen LogP contribution in [0.3, 0.4) is 0 Å². The first-order chi connectivity index (χ1) is 12.9. The topological polar surface area (TPSA) is 52.7 Å². The lowest BCUT2D eigenvalue weighted by atomic mass is 10.0. The molecule has 0 atom stereocenters. The number of rotatable bonds is 3. The second-order valence-electron chi connectivity index (χ2n) is 6.99. The Kier molecular flexibility index (Phi) is 6.01. The first-order valence-electron chi connectivity index (χ1n) is 9.15. The summed E-state index contributed by atoms with van der Waals surface area (Å²) in [6, 6.07) is 15.2. The second-order valence-corrected chi connectivity index (χ2v) is 7.43. The first kappa shape index (κ1) is 19.2. The highest BCUT2D eigenvalue weighted by molar-refractivity contribution is 6.39. The summed E-state index contributed by atoms with van der Waals surface area (Å²) in [5, 5.41) is 3.38. The Hall–Kier alpha value is -2.53. The fourth-order valence-corrected chi connectivity index (χ4v) is 3.30. The van der Waals surface area contributed by atoms with Gasteiger partial charge in [0.1, 0.15) is 0 Å². The summed E-state index contributed by atoms with van der Waals surface area (Å²) in [7, 11) is 0. The maximum Gasteiger partial charge on any atom is 0.313 e. The third kappa shape index (κ3) is 4.80. The highest BCUT2D eigenvalue weighted by atomic mass is 35.5. The molecule has 2 amide bonds. The monoisotopic (exact) mass is 385 g/mol. The van der Waals surface area contributed by atoms with Crippen molar-refractivity contribution in [2.75, 3.05) is 36.4 Å². The Morgan fingerprint density at radius 1 is 1.00 bits per heavy atom. The largest absolute Gasteiger partial charge is 0.368 e. The van der Waals surface area contributed by atoms with Crippen molar-refractivity contribution in [1.29, 1.82) is 0 Å². The van der Waals surface area contributed by atoms with Crippen LogP contribution in [-0.4, -0.2) is 42.9 Å². The third-order valence-electron chi connectivity index (χ3n) is 4.77. The lowest BCUT2D eigenvalue weighted by Gasteiger charge is -2.35. The molecule has 5 nitrogen and oxygen atoms in total. The second kappa shape index (κ2) is 8.44. The molecule has 1 saturated heterocycles. The number of benzene rings is 2. The number of hydrogen-bond acceptors (Lipinski definition) is 3. The normalized spacial score (nSPS) is 14.4. The van der Waals surface area contributed by atoms with Crippen LogP contribution in [0.1, 0.15) is 25.3 Å². The van der Waals surface area contributed by atoms with E-state index in [1.54, 1.807) is 4.90 Å². The van der Waals surface area contributed by atoms with Gasteiger partial charge in [-0.25, -0.2) is 0 Å². The van der Waals surface area contributed by atoms with E-state index in [1.807, 2.05) is 48.5 Å². The van der Waals surface area contributed by atoms with Gasteiger partial charge in [0.15, 0.2) is 0 Å². The van der Waals surface area contributed by atoms with Gasteiger partial charge >= 0.3 is 11.8 Å². The Bertz CT molecular complexity index is 812. The van der Waals surface area contributed by atoms with Gasteiger partial charge in [0.2, 0.25) is 0 Å². The zero-order valence-electron chi connectivity index (χ0n) is 15.6. The summed E-state index contributed by atoms with van der Waals surface area (Å²) in [5.41, 5.74) is 2.86. The summed E-state index contributed by atoms with van der Waals surface area (Å²) < 4.78 is 0. The molecule has 2 aromatic carbocycles. The van der Waals surface area contributed by atoms with Crippen molar-refractivity contribution in [2.24, 2.45) is 0 Å². The number of halogens is 1. The van der Waals surface area contributed by atoms with Crippen LogP contribution in [0.2, 0.25) is 5.02 Å². The number of hydrogen-bond donors (Lipinski definition) is 1. The SMILES string of the molecule is CC(C)c1ccc(NC(=O)C(=O)N2CCN(c3cccc(Cl)c3)CC2)cc1. The molecule has 3 rings (SSSR count). The van der Waals surface area contributed by atoms with Gasteiger partial charge in [0.25, 0.3) is 0 Å². The summed E-state index contributed by atoms with van der Waals surface area (Å²) in [5.74, 6) is -0.663. The van der Waals surface area contributed by atoms with Crippen molar-refractivity contribution in [3.63, 3.8) is 0 Å². The predicted octanol–water partition coefficient (Wildman–Crippen LogP) is 3.75. The lowest BCUT2D eigenvalue weighted by molar-refractivity contribution is -0.143. The van der Waals surface area contributed by atoms with E-state index in [0.29, 0.717) is 42.8 Å². The molecule has 0 aliphatic carbocycles. The highest BCUT2D eigenvalue weighted by Gasteiger charge is 2.26. The van der Waals surface area contributed by atoms with Gasteiger partial charge in [0, 0.05) is 42.6 Å². The maximum atomic E-state index is 12.4. The van der Waals surface area contributed by atoms with E-state index in [2.05, 4.69) is 24.1 Å². The number of carbonyl (C=O) groups is 2. The van der Waals surface area contributed by atoms with Crippen LogP contribution in [0.25, 0.3) is 0 Å². The van der Waals surface area contributed by atoms with Crippen molar-refractivity contribution in [3.05, 3.63) is 59.1 Å². The van der Waals surface area contributed by atoms with E-state index in [9.17, 15) is 9.59 Å². The van der Waals surface area contributed by atoms with Crippen LogP contribution in [0.5, 0.6) is 0 Å². The Labute approximate surface area is 164 Å². The van der Waals surface area contributed by atoms with Crippen molar-refractivity contribution >= 4 is 34.8 Å². The molecule has 0 spiro atoms. The van der Waals surface area contributed by atoms with Gasteiger partial charge in [-0.2, -0.15) is 0 Å². The van der Waals surface area contributed by atoms with Crippen LogP contribution in [-0.2, 0) is 9.59 Å². The van der Waals surface area contributed by atoms with Crippen LogP contribution in [0, 0.1) is 0 Å². The van der Waals surface area contributed by atoms with Crippen LogP contribution in [0.4, 0.5) is 11.4 Å². The quantitative estimate of drug-likeness (QED) is 0.818. The zero-order valence-corrected chi connectivity index (χ0v) is 16.4. The number of carbonyl (C=O) groups excluding carboxylic acids is 2. The Morgan fingerprint density at radius 2 is 1.67 bits per heavy atom. The minimum atomic E-state index is -0.594. The average Bonchev–Trinajstić information content (AvgIpc) is 2.68. The molecule has 0 unspecified atom stereocenters. The van der Waals surface area contributed by atoms with E-state index < -0.39 is 11.8 Å². The van der Waals surface area contributed by atoms with Crippen molar-refractivity contribution in [1.82, 2.24) is 4.90 Å². The molecule has 0 aromatic heterocycles. The van der Waals surface area contributed by atoms with E-state index in [1.165, 1.54) is 5.56 Å². The molecule has 0 saturated carbocycles. The van der Waals surface area contributed by atoms with Gasteiger partial charge in [-0.3, -0.25) is 9.59 Å². The summed E-state index contributed by atoms with van der Waals surface area (Å²) >= 11 is 6.04. The van der Waals surface area contributed by atoms with Gasteiger partial charge in [-0.05, 0) is 41.8 Å². The zero-order chi connectivity index (χ0) is 19.4.